The minimum Gasteiger partial charge on any atom is -0.502 e. The first-order valence-corrected chi connectivity index (χ1v) is 9.34. The van der Waals surface area contributed by atoms with E-state index in [1.807, 2.05) is 0 Å². The fraction of sp³-hybridized carbons (Fsp3) is 0.533. The highest BCUT2D eigenvalue weighted by atomic mass is 32.2. The van der Waals surface area contributed by atoms with E-state index in [0.29, 0.717) is 0 Å². The molecule has 13 heteroatoms. The Labute approximate surface area is 159 Å². The molecule has 0 atom stereocenters. The lowest BCUT2D eigenvalue weighted by Gasteiger charge is -2.37. The summed E-state index contributed by atoms with van der Waals surface area (Å²) in [5.41, 5.74) is 0. The van der Waals surface area contributed by atoms with Gasteiger partial charge in [-0.15, -0.1) is 0 Å². The van der Waals surface area contributed by atoms with Gasteiger partial charge in [-0.2, -0.15) is 21.6 Å². The first kappa shape index (κ1) is 23.5. The third kappa shape index (κ3) is 5.24. The third-order valence-corrected chi connectivity index (χ3v) is 5.41. The summed E-state index contributed by atoms with van der Waals surface area (Å²) in [5.74, 6) is -8.93. The maximum Gasteiger partial charge on any atom is 0.451 e. The van der Waals surface area contributed by atoms with Crippen molar-refractivity contribution in [1.82, 2.24) is 8.61 Å². The minimum atomic E-state index is -5.49. The fourth-order valence-corrected chi connectivity index (χ4v) is 3.95. The Bertz CT molecular complexity index is 694. The summed E-state index contributed by atoms with van der Waals surface area (Å²) >= 11 is 0. The maximum absolute atomic E-state index is 12.8. The van der Waals surface area contributed by atoms with Crippen molar-refractivity contribution < 1.29 is 45.4 Å². The Kier molecular flexibility index (Phi) is 8.02. The predicted molar refractivity (Wildman–Crippen MR) is 88.4 cm³/mol. The lowest BCUT2D eigenvalue weighted by molar-refractivity contribution is -0.180. The Morgan fingerprint density at radius 2 is 1.39 bits per heavy atom. The average molecular weight is 428 g/mol. The summed E-state index contributed by atoms with van der Waals surface area (Å²) in [6, 6.07) is 0. The van der Waals surface area contributed by atoms with Gasteiger partial charge in [0.05, 0.1) is 25.7 Å². The van der Waals surface area contributed by atoms with Crippen molar-refractivity contribution in [3.8, 4) is 0 Å². The van der Waals surface area contributed by atoms with Crippen LogP contribution in [0.1, 0.15) is 12.8 Å². The second-order valence-corrected chi connectivity index (χ2v) is 7.18. The molecule has 158 valence electrons. The molecule has 1 rings (SSSR count). The van der Waals surface area contributed by atoms with E-state index in [2.05, 4.69) is 13.2 Å². The zero-order chi connectivity index (χ0) is 21.5. The van der Waals surface area contributed by atoms with Crippen LogP contribution in [-0.2, 0) is 34.1 Å². The molecule has 0 unspecified atom stereocenters. The lowest BCUT2D eigenvalue weighted by atomic mass is 10.0. The molecule has 0 spiro atoms. The van der Waals surface area contributed by atoms with Crippen molar-refractivity contribution in [2.75, 3.05) is 26.3 Å². The molecule has 1 heterocycles. The normalized spacial score (nSPS) is 17.4. The number of ketones is 1. The van der Waals surface area contributed by atoms with Crippen LogP contribution in [0, 0.1) is 5.92 Å². The second-order valence-electron chi connectivity index (χ2n) is 5.41. The summed E-state index contributed by atoms with van der Waals surface area (Å²) in [6.45, 7) is 5.20. The van der Waals surface area contributed by atoms with Crippen molar-refractivity contribution in [3.63, 3.8) is 0 Å². The number of nitrogens with zero attached hydrogens (tertiary/aromatic N) is 2. The van der Waals surface area contributed by atoms with Gasteiger partial charge in [0, 0.05) is 25.9 Å². The Hall–Kier alpha value is -2.57. The number of hydrogen-bond acceptors (Lipinski definition) is 7. The highest BCUT2D eigenvalue weighted by molar-refractivity contribution is 7.88. The van der Waals surface area contributed by atoms with Crippen LogP contribution in [0.4, 0.5) is 13.2 Å². The zero-order valence-corrected chi connectivity index (χ0v) is 15.5. The highest BCUT2D eigenvalue weighted by Crippen LogP contribution is 2.30. The Morgan fingerprint density at radius 1 is 1.00 bits per heavy atom. The van der Waals surface area contributed by atoms with E-state index in [-0.39, 0.29) is 34.7 Å². The molecule has 1 aliphatic heterocycles. The summed E-state index contributed by atoms with van der Waals surface area (Å²) < 4.78 is 73.4. The largest absolute Gasteiger partial charge is 0.502 e. The molecule has 0 aromatic carbocycles. The average Bonchev–Trinajstić information content (AvgIpc) is 2.59. The van der Waals surface area contributed by atoms with E-state index < -0.39 is 53.0 Å². The van der Waals surface area contributed by atoms with E-state index >= 15 is 0 Å². The van der Waals surface area contributed by atoms with Gasteiger partial charge in [-0.3, -0.25) is 14.4 Å². The van der Waals surface area contributed by atoms with Gasteiger partial charge in [-0.25, -0.2) is 8.61 Å². The minimum absolute atomic E-state index is 0.0815. The van der Waals surface area contributed by atoms with Crippen LogP contribution in [-0.4, -0.2) is 67.1 Å². The molecule has 0 aromatic heterocycles. The van der Waals surface area contributed by atoms with Gasteiger partial charge in [0.2, 0.25) is 0 Å². The number of hydrogen-bond donors (Lipinski definition) is 0. The number of carbonyl (C=O) groups excluding carboxylic acids is 3. The van der Waals surface area contributed by atoms with Crippen LogP contribution >= 0.6 is 0 Å². The molecule has 1 aliphatic rings. The lowest BCUT2D eigenvalue weighted by Crippen LogP contribution is -2.63. The molecule has 0 radical (unpaired) electrons. The number of alkyl halides is 3. The van der Waals surface area contributed by atoms with E-state index in [4.69, 9.17) is 9.47 Å². The number of carbonyl (C=O) groups is 3. The topological polar surface area (TPSA) is 110 Å². The standard InChI is InChI=1S/C15H19F3N2O7S/c1-3-26-9-5-7-19-13(22)11(12(21)15(16,17)18)14(23)20(28(19,24)25)8-6-10-27-4-2/h3-4,11H,1-2,5-10H2. The number of halogens is 3. The van der Waals surface area contributed by atoms with Crippen molar-refractivity contribution in [2.24, 2.45) is 5.92 Å². The van der Waals surface area contributed by atoms with Crippen LogP contribution in [0.25, 0.3) is 0 Å². The van der Waals surface area contributed by atoms with E-state index in [1.165, 1.54) is 0 Å². The molecule has 9 nitrogen and oxygen atoms in total. The molecule has 0 saturated carbocycles. The fourth-order valence-electron chi connectivity index (χ4n) is 2.33. The molecular weight excluding hydrogens is 409 g/mol. The molecule has 0 bridgehead atoms. The van der Waals surface area contributed by atoms with Crippen molar-refractivity contribution in [3.05, 3.63) is 25.7 Å². The van der Waals surface area contributed by atoms with E-state index in [1.54, 1.807) is 0 Å². The Morgan fingerprint density at radius 3 is 1.71 bits per heavy atom. The number of Topliss-reactive ketones (excluding diaryl/α,β-unsaturated/α-hetero) is 1. The Balaban J connectivity index is 3.20. The molecule has 0 aliphatic carbocycles. The van der Waals surface area contributed by atoms with Crippen LogP contribution < -0.4 is 0 Å². The summed E-state index contributed by atoms with van der Waals surface area (Å²) in [7, 11) is -4.76. The third-order valence-electron chi connectivity index (χ3n) is 3.57. The zero-order valence-electron chi connectivity index (χ0n) is 14.7. The van der Waals surface area contributed by atoms with Gasteiger partial charge in [-0.1, -0.05) is 13.2 Å². The molecule has 28 heavy (non-hydrogen) atoms. The molecule has 2 amide bonds. The number of rotatable bonds is 11. The van der Waals surface area contributed by atoms with Crippen LogP contribution in [0.3, 0.4) is 0 Å². The smallest absolute Gasteiger partial charge is 0.451 e. The molecule has 0 N–H and O–H groups in total. The van der Waals surface area contributed by atoms with Gasteiger partial charge in [0.15, 0.2) is 5.92 Å². The number of ether oxygens (including phenoxy) is 2. The molecule has 1 fully saturated rings. The van der Waals surface area contributed by atoms with Crippen LogP contribution in [0.5, 0.6) is 0 Å². The van der Waals surface area contributed by atoms with Gasteiger partial charge in [-0.05, 0) is 0 Å². The first-order valence-electron chi connectivity index (χ1n) is 7.94. The second kappa shape index (κ2) is 9.57. The van der Waals surface area contributed by atoms with Gasteiger partial charge < -0.3 is 9.47 Å². The summed E-state index contributed by atoms with van der Waals surface area (Å²) in [4.78, 5) is 36.2. The van der Waals surface area contributed by atoms with Crippen molar-refractivity contribution in [2.45, 2.75) is 19.0 Å². The van der Waals surface area contributed by atoms with Crippen LogP contribution in [0.15, 0.2) is 25.7 Å². The number of amides is 2. The van der Waals surface area contributed by atoms with Gasteiger partial charge >= 0.3 is 16.4 Å². The maximum atomic E-state index is 12.8. The van der Waals surface area contributed by atoms with Crippen molar-refractivity contribution in [1.29, 1.82) is 0 Å². The predicted octanol–water partition coefficient (Wildman–Crippen LogP) is 0.750. The monoisotopic (exact) mass is 428 g/mol. The van der Waals surface area contributed by atoms with E-state index in [9.17, 15) is 36.0 Å². The van der Waals surface area contributed by atoms with E-state index in [0.717, 1.165) is 12.5 Å². The van der Waals surface area contributed by atoms with Gasteiger partial charge in [0.1, 0.15) is 0 Å². The van der Waals surface area contributed by atoms with Crippen molar-refractivity contribution >= 4 is 27.8 Å². The quantitative estimate of drug-likeness (QED) is 0.271. The summed E-state index contributed by atoms with van der Waals surface area (Å²) in [5, 5.41) is 0. The molecule has 0 aromatic rings. The highest BCUT2D eigenvalue weighted by Gasteiger charge is 2.58. The molecule has 1 saturated heterocycles. The van der Waals surface area contributed by atoms with Gasteiger partial charge in [0.25, 0.3) is 17.6 Å². The van der Waals surface area contributed by atoms with Crippen LogP contribution in [0.2, 0.25) is 0 Å². The summed E-state index contributed by atoms with van der Waals surface area (Å²) in [6.07, 6.45) is -3.57. The SMILES string of the molecule is C=COCCCN1C(=O)C(C(=O)C(F)(F)F)C(=O)N(CCCOC=C)S1(=O)=O. The molecular formula is C15H19F3N2O7S. The first-order chi connectivity index (χ1) is 13.0.